The quantitative estimate of drug-likeness (QED) is 0.923. The maximum atomic E-state index is 12.7. The second kappa shape index (κ2) is 5.18. The van der Waals surface area contributed by atoms with Crippen molar-refractivity contribution in [2.45, 2.75) is 13.1 Å². The minimum absolute atomic E-state index is 0.0827. The van der Waals surface area contributed by atoms with Gasteiger partial charge >= 0.3 is 5.97 Å². The molecule has 0 saturated carbocycles. The number of carboxylic acids is 1. The number of fused-ring (bicyclic) bond motifs is 1. The van der Waals surface area contributed by atoms with Crippen molar-refractivity contribution in [1.29, 1.82) is 0 Å². The molecule has 7 heteroatoms. The van der Waals surface area contributed by atoms with Crippen LogP contribution in [0.1, 0.15) is 32.0 Å². The van der Waals surface area contributed by atoms with Crippen LogP contribution in [0.4, 0.5) is 0 Å². The van der Waals surface area contributed by atoms with Gasteiger partial charge in [0.1, 0.15) is 17.0 Å². The van der Waals surface area contributed by atoms with Gasteiger partial charge in [-0.1, -0.05) is 12.1 Å². The molecule has 2 heterocycles. The molecule has 3 rings (SSSR count). The van der Waals surface area contributed by atoms with Crippen molar-refractivity contribution in [2.75, 3.05) is 7.11 Å². The number of benzene rings is 1. The molecular formula is C15H15N3O4. The Morgan fingerprint density at radius 1 is 1.32 bits per heavy atom. The molecule has 0 spiro atoms. The van der Waals surface area contributed by atoms with Crippen LogP contribution in [0.25, 0.3) is 0 Å². The van der Waals surface area contributed by atoms with Crippen LogP contribution >= 0.6 is 0 Å². The Hall–Kier alpha value is -2.83. The monoisotopic (exact) mass is 301 g/mol. The molecule has 1 N–H and O–H groups in total. The van der Waals surface area contributed by atoms with Crippen LogP contribution in [0.15, 0.2) is 24.4 Å². The van der Waals surface area contributed by atoms with Crippen molar-refractivity contribution < 1.29 is 19.4 Å². The first-order chi connectivity index (χ1) is 10.5. The molecule has 0 saturated heterocycles. The van der Waals surface area contributed by atoms with Crippen LogP contribution in [0.5, 0.6) is 5.75 Å². The van der Waals surface area contributed by atoms with Crippen molar-refractivity contribution in [2.24, 2.45) is 7.05 Å². The maximum absolute atomic E-state index is 12.7. The van der Waals surface area contributed by atoms with Gasteiger partial charge in [-0.3, -0.25) is 9.48 Å². The van der Waals surface area contributed by atoms with E-state index < -0.39 is 5.97 Å². The molecule has 2 aromatic rings. The first-order valence-electron chi connectivity index (χ1n) is 6.72. The van der Waals surface area contributed by atoms with E-state index in [4.69, 9.17) is 4.74 Å². The normalized spacial score (nSPS) is 13.1. The van der Waals surface area contributed by atoms with Crippen LogP contribution in [-0.2, 0) is 20.1 Å². The number of carbonyl (C=O) groups excluding carboxylic acids is 1. The van der Waals surface area contributed by atoms with Gasteiger partial charge < -0.3 is 14.7 Å². The zero-order valence-electron chi connectivity index (χ0n) is 12.2. The molecule has 114 valence electrons. The fourth-order valence-corrected chi connectivity index (χ4v) is 2.72. The molecule has 0 aliphatic carbocycles. The molecule has 1 aliphatic rings. The number of aryl methyl sites for hydroxylation is 1. The predicted octanol–water partition coefficient (Wildman–Crippen LogP) is 1.28. The van der Waals surface area contributed by atoms with Crippen LogP contribution in [-0.4, -0.2) is 38.8 Å². The molecule has 0 atom stereocenters. The van der Waals surface area contributed by atoms with Gasteiger partial charge in [0.05, 0.1) is 19.9 Å². The molecular weight excluding hydrogens is 286 g/mol. The number of methoxy groups -OCH3 is 1. The highest BCUT2D eigenvalue weighted by molar-refractivity contribution is 6.03. The van der Waals surface area contributed by atoms with Gasteiger partial charge in [0.2, 0.25) is 0 Å². The lowest BCUT2D eigenvalue weighted by Gasteiger charge is -2.16. The standard InChI is InChI=1S/C15H15N3O4/c1-17-13(10(6-16-17)15(20)21)14(19)18-7-9-4-3-5-12(22-2)11(9)8-18/h3-6H,7-8H2,1-2H3,(H,20,21). The molecule has 22 heavy (non-hydrogen) atoms. The highest BCUT2D eigenvalue weighted by atomic mass is 16.5. The van der Waals surface area contributed by atoms with Crippen molar-refractivity contribution >= 4 is 11.9 Å². The molecule has 0 bridgehead atoms. The summed E-state index contributed by atoms with van der Waals surface area (Å²) in [5.74, 6) is -0.780. The number of nitrogens with zero attached hydrogens (tertiary/aromatic N) is 3. The van der Waals surface area contributed by atoms with E-state index >= 15 is 0 Å². The zero-order chi connectivity index (χ0) is 15.9. The summed E-state index contributed by atoms with van der Waals surface area (Å²) in [4.78, 5) is 25.5. The average molecular weight is 301 g/mol. The third-order valence-electron chi connectivity index (χ3n) is 3.82. The Morgan fingerprint density at radius 3 is 2.77 bits per heavy atom. The topological polar surface area (TPSA) is 84.7 Å². The number of carbonyl (C=O) groups is 2. The van der Waals surface area contributed by atoms with Crippen molar-refractivity contribution in [3.8, 4) is 5.75 Å². The molecule has 0 radical (unpaired) electrons. The first-order valence-corrected chi connectivity index (χ1v) is 6.72. The van der Waals surface area contributed by atoms with Crippen molar-refractivity contribution in [1.82, 2.24) is 14.7 Å². The van der Waals surface area contributed by atoms with E-state index in [0.29, 0.717) is 13.1 Å². The number of aromatic nitrogens is 2. The van der Waals surface area contributed by atoms with Gasteiger partial charge in [-0.05, 0) is 11.6 Å². The summed E-state index contributed by atoms with van der Waals surface area (Å²) in [5.41, 5.74) is 1.96. The summed E-state index contributed by atoms with van der Waals surface area (Å²) in [6.07, 6.45) is 1.19. The number of ether oxygens (including phenoxy) is 1. The van der Waals surface area contributed by atoms with E-state index in [2.05, 4.69) is 5.10 Å². The lowest BCUT2D eigenvalue weighted by molar-refractivity contribution is 0.0670. The fraction of sp³-hybridized carbons (Fsp3) is 0.267. The van der Waals surface area contributed by atoms with E-state index in [1.807, 2.05) is 18.2 Å². The summed E-state index contributed by atoms with van der Waals surface area (Å²) in [6, 6.07) is 5.66. The number of amides is 1. The van der Waals surface area contributed by atoms with Gasteiger partial charge in [0.25, 0.3) is 5.91 Å². The minimum atomic E-state index is -1.16. The Labute approximate surface area is 126 Å². The summed E-state index contributed by atoms with van der Waals surface area (Å²) >= 11 is 0. The Balaban J connectivity index is 1.93. The van der Waals surface area contributed by atoms with E-state index in [1.54, 1.807) is 19.1 Å². The number of hydrogen-bond donors (Lipinski definition) is 1. The second-order valence-electron chi connectivity index (χ2n) is 5.09. The van der Waals surface area contributed by atoms with E-state index in [-0.39, 0.29) is 17.2 Å². The smallest absolute Gasteiger partial charge is 0.339 e. The van der Waals surface area contributed by atoms with Gasteiger partial charge in [0, 0.05) is 19.2 Å². The molecule has 1 aromatic heterocycles. The molecule has 1 amide bonds. The molecule has 1 aliphatic heterocycles. The van der Waals surface area contributed by atoms with Gasteiger partial charge in [-0.25, -0.2) is 4.79 Å². The van der Waals surface area contributed by atoms with E-state index in [0.717, 1.165) is 16.9 Å². The largest absolute Gasteiger partial charge is 0.496 e. The minimum Gasteiger partial charge on any atom is -0.496 e. The predicted molar refractivity (Wildman–Crippen MR) is 76.7 cm³/mol. The number of carboxylic acid groups (broad SMARTS) is 1. The lowest BCUT2D eigenvalue weighted by Crippen LogP contribution is -2.29. The maximum Gasteiger partial charge on any atom is 0.339 e. The van der Waals surface area contributed by atoms with Crippen LogP contribution in [0, 0.1) is 0 Å². The first kappa shape index (κ1) is 14.1. The lowest BCUT2D eigenvalue weighted by atomic mass is 10.1. The summed E-state index contributed by atoms with van der Waals surface area (Å²) in [6.45, 7) is 0.817. The molecule has 0 unspecified atom stereocenters. The zero-order valence-corrected chi connectivity index (χ0v) is 12.2. The molecule has 1 aromatic carbocycles. The SMILES string of the molecule is COc1cccc2c1CN(C(=O)c1c(C(=O)O)cnn1C)C2. The Bertz CT molecular complexity index is 766. The van der Waals surface area contributed by atoms with Crippen LogP contribution in [0.2, 0.25) is 0 Å². The van der Waals surface area contributed by atoms with E-state index in [9.17, 15) is 14.7 Å². The number of rotatable bonds is 3. The molecule has 0 fully saturated rings. The number of aromatic carboxylic acids is 1. The second-order valence-corrected chi connectivity index (χ2v) is 5.09. The van der Waals surface area contributed by atoms with Gasteiger partial charge in [-0.2, -0.15) is 5.10 Å². The summed E-state index contributed by atoms with van der Waals surface area (Å²) in [5, 5.41) is 13.1. The molecule has 7 nitrogen and oxygen atoms in total. The van der Waals surface area contributed by atoms with Crippen LogP contribution < -0.4 is 4.74 Å². The Morgan fingerprint density at radius 2 is 2.09 bits per heavy atom. The van der Waals surface area contributed by atoms with E-state index in [1.165, 1.54) is 10.9 Å². The summed E-state index contributed by atoms with van der Waals surface area (Å²) in [7, 11) is 3.15. The van der Waals surface area contributed by atoms with Crippen molar-refractivity contribution in [3.05, 3.63) is 46.8 Å². The van der Waals surface area contributed by atoms with Crippen molar-refractivity contribution in [3.63, 3.8) is 0 Å². The third-order valence-corrected chi connectivity index (χ3v) is 3.82. The fourth-order valence-electron chi connectivity index (χ4n) is 2.72. The average Bonchev–Trinajstić information content (AvgIpc) is 3.09. The number of hydrogen-bond acceptors (Lipinski definition) is 4. The Kier molecular flexibility index (Phi) is 3.32. The van der Waals surface area contributed by atoms with Gasteiger partial charge in [0.15, 0.2) is 0 Å². The highest BCUT2D eigenvalue weighted by Gasteiger charge is 2.31. The van der Waals surface area contributed by atoms with Crippen LogP contribution in [0.3, 0.4) is 0 Å². The third kappa shape index (κ3) is 2.11. The highest BCUT2D eigenvalue weighted by Crippen LogP contribution is 2.31. The van der Waals surface area contributed by atoms with Gasteiger partial charge in [-0.15, -0.1) is 0 Å². The summed E-state index contributed by atoms with van der Waals surface area (Å²) < 4.78 is 6.61.